The first-order valence-corrected chi connectivity index (χ1v) is 10.2. The van der Waals surface area contributed by atoms with Crippen molar-refractivity contribution in [3.63, 3.8) is 0 Å². The number of carbonyl (C=O) groups is 1. The number of anilines is 1. The van der Waals surface area contributed by atoms with Crippen molar-refractivity contribution in [3.8, 4) is 11.4 Å². The molecule has 0 unspecified atom stereocenters. The van der Waals surface area contributed by atoms with Crippen LogP contribution >= 0.6 is 0 Å². The molecule has 1 N–H and O–H groups in total. The predicted octanol–water partition coefficient (Wildman–Crippen LogP) is 4.41. The second-order valence-corrected chi connectivity index (χ2v) is 7.40. The third-order valence-corrected chi connectivity index (χ3v) is 5.20. The third kappa shape index (κ3) is 4.51. The van der Waals surface area contributed by atoms with Crippen LogP contribution in [0.3, 0.4) is 0 Å². The molecule has 0 aliphatic carbocycles. The van der Waals surface area contributed by atoms with Crippen molar-refractivity contribution in [1.82, 2.24) is 9.55 Å². The van der Waals surface area contributed by atoms with E-state index in [0.717, 1.165) is 11.3 Å². The van der Waals surface area contributed by atoms with Gasteiger partial charge in [-0.1, -0.05) is 12.1 Å². The van der Waals surface area contributed by atoms with Crippen molar-refractivity contribution in [2.75, 3.05) is 12.4 Å². The molecule has 32 heavy (non-hydrogen) atoms. The number of carbonyl (C=O) groups excluding carboxylic acids is 1. The van der Waals surface area contributed by atoms with Gasteiger partial charge in [-0.3, -0.25) is 14.2 Å². The molecule has 0 aliphatic rings. The molecule has 7 heteroatoms. The van der Waals surface area contributed by atoms with Gasteiger partial charge in [-0.05, 0) is 73.5 Å². The Kier molecular flexibility index (Phi) is 5.98. The van der Waals surface area contributed by atoms with E-state index >= 15 is 0 Å². The average Bonchev–Trinajstić information content (AvgIpc) is 2.80. The summed E-state index contributed by atoms with van der Waals surface area (Å²) in [6, 6.07) is 18.3. The number of hydrogen-bond donors (Lipinski definition) is 1. The predicted molar refractivity (Wildman–Crippen MR) is 122 cm³/mol. The summed E-state index contributed by atoms with van der Waals surface area (Å²) < 4.78 is 19.9. The molecule has 0 fully saturated rings. The maximum Gasteiger partial charge on any atom is 0.266 e. The van der Waals surface area contributed by atoms with E-state index in [1.165, 1.54) is 28.8 Å². The smallest absolute Gasteiger partial charge is 0.266 e. The Hall–Kier alpha value is -4.00. The zero-order chi connectivity index (χ0) is 22.7. The van der Waals surface area contributed by atoms with Crippen molar-refractivity contribution in [2.45, 2.75) is 19.8 Å². The summed E-state index contributed by atoms with van der Waals surface area (Å²) in [5, 5.41) is 3.21. The van der Waals surface area contributed by atoms with Gasteiger partial charge < -0.3 is 10.1 Å². The molecule has 4 aromatic rings. The van der Waals surface area contributed by atoms with Gasteiger partial charge >= 0.3 is 0 Å². The molecule has 3 aromatic carbocycles. The molecule has 0 atom stereocenters. The summed E-state index contributed by atoms with van der Waals surface area (Å²) in [7, 11) is 1.61. The minimum absolute atomic E-state index is 0.154. The molecule has 4 rings (SSSR count). The van der Waals surface area contributed by atoms with E-state index < -0.39 is 0 Å². The van der Waals surface area contributed by atoms with E-state index in [1.54, 1.807) is 32.2 Å². The number of aromatic nitrogens is 2. The minimum Gasteiger partial charge on any atom is -0.497 e. The van der Waals surface area contributed by atoms with Crippen LogP contribution in [0, 0.1) is 12.7 Å². The van der Waals surface area contributed by atoms with Crippen LogP contribution in [0.15, 0.2) is 71.5 Å². The van der Waals surface area contributed by atoms with E-state index in [1.807, 2.05) is 24.3 Å². The number of halogens is 1. The molecule has 0 saturated carbocycles. The number of benzene rings is 3. The Labute approximate surface area is 184 Å². The van der Waals surface area contributed by atoms with Crippen LogP contribution in [0.4, 0.5) is 10.1 Å². The topological polar surface area (TPSA) is 73.2 Å². The molecule has 0 bridgehead atoms. The van der Waals surface area contributed by atoms with Gasteiger partial charge in [-0.25, -0.2) is 9.37 Å². The van der Waals surface area contributed by atoms with E-state index in [-0.39, 0.29) is 17.3 Å². The fourth-order valence-corrected chi connectivity index (χ4v) is 3.54. The van der Waals surface area contributed by atoms with E-state index in [9.17, 15) is 14.0 Å². The largest absolute Gasteiger partial charge is 0.497 e. The lowest BCUT2D eigenvalue weighted by atomic mass is 10.1. The Bertz CT molecular complexity index is 1330. The van der Waals surface area contributed by atoms with Crippen LogP contribution in [-0.4, -0.2) is 22.6 Å². The number of rotatable bonds is 6. The van der Waals surface area contributed by atoms with Crippen LogP contribution in [0.5, 0.6) is 5.75 Å². The standard InChI is InChI=1S/C25H22FN3O3/c1-16-27-23-13-8-19(28-24(30)14-5-17-3-11-21(32-2)12-4-17)15-22(23)25(31)29(16)20-9-6-18(26)7-10-20/h3-4,6-13,15H,5,14H2,1-2H3,(H,28,30). The molecular formula is C25H22FN3O3. The summed E-state index contributed by atoms with van der Waals surface area (Å²) in [5.74, 6) is 0.724. The Balaban J connectivity index is 1.55. The Morgan fingerprint density at radius 1 is 1.06 bits per heavy atom. The van der Waals surface area contributed by atoms with Crippen LogP contribution in [0.1, 0.15) is 17.8 Å². The monoisotopic (exact) mass is 431 g/mol. The average molecular weight is 431 g/mol. The zero-order valence-corrected chi connectivity index (χ0v) is 17.8. The normalized spacial score (nSPS) is 10.8. The summed E-state index contributed by atoms with van der Waals surface area (Å²) in [6.45, 7) is 1.72. The fraction of sp³-hybridized carbons (Fsp3) is 0.160. The van der Waals surface area contributed by atoms with E-state index in [2.05, 4.69) is 10.3 Å². The first-order valence-electron chi connectivity index (χ1n) is 10.2. The maximum absolute atomic E-state index is 13.3. The van der Waals surface area contributed by atoms with Gasteiger partial charge in [0.1, 0.15) is 17.4 Å². The van der Waals surface area contributed by atoms with E-state index in [4.69, 9.17) is 4.74 Å². The quantitative estimate of drug-likeness (QED) is 0.491. The Morgan fingerprint density at radius 3 is 2.47 bits per heavy atom. The molecule has 0 aliphatic heterocycles. The van der Waals surface area contributed by atoms with Crippen molar-refractivity contribution < 1.29 is 13.9 Å². The highest BCUT2D eigenvalue weighted by molar-refractivity contribution is 5.93. The highest BCUT2D eigenvalue weighted by Gasteiger charge is 2.12. The highest BCUT2D eigenvalue weighted by Crippen LogP contribution is 2.18. The van der Waals surface area contributed by atoms with Crippen molar-refractivity contribution in [1.29, 1.82) is 0 Å². The molecule has 162 valence electrons. The van der Waals surface area contributed by atoms with Crippen LogP contribution in [0.25, 0.3) is 16.6 Å². The van der Waals surface area contributed by atoms with Crippen LogP contribution in [-0.2, 0) is 11.2 Å². The van der Waals surface area contributed by atoms with Gasteiger partial charge in [0, 0.05) is 12.1 Å². The number of ether oxygens (including phenoxy) is 1. The molecule has 0 spiro atoms. The second-order valence-electron chi connectivity index (χ2n) is 7.40. The third-order valence-electron chi connectivity index (χ3n) is 5.20. The second kappa shape index (κ2) is 9.01. The van der Waals surface area contributed by atoms with Gasteiger partial charge in [0.05, 0.1) is 23.7 Å². The Morgan fingerprint density at radius 2 is 1.78 bits per heavy atom. The fourth-order valence-electron chi connectivity index (χ4n) is 3.54. The lowest BCUT2D eigenvalue weighted by Gasteiger charge is -2.12. The van der Waals surface area contributed by atoms with Crippen molar-refractivity contribution >= 4 is 22.5 Å². The number of nitrogens with zero attached hydrogens (tertiary/aromatic N) is 2. The van der Waals surface area contributed by atoms with Gasteiger partial charge in [0.2, 0.25) is 5.91 Å². The van der Waals surface area contributed by atoms with Crippen molar-refractivity contribution in [3.05, 3.63) is 94.3 Å². The molecule has 1 aromatic heterocycles. The lowest BCUT2D eigenvalue weighted by Crippen LogP contribution is -2.22. The maximum atomic E-state index is 13.3. The summed E-state index contributed by atoms with van der Waals surface area (Å²) >= 11 is 0. The number of amides is 1. The number of hydrogen-bond acceptors (Lipinski definition) is 4. The number of aryl methyl sites for hydroxylation is 2. The SMILES string of the molecule is COc1ccc(CCC(=O)Nc2ccc3nc(C)n(-c4ccc(F)cc4)c(=O)c3c2)cc1. The van der Waals surface area contributed by atoms with Crippen LogP contribution < -0.4 is 15.6 Å². The van der Waals surface area contributed by atoms with E-state index in [0.29, 0.717) is 40.9 Å². The molecule has 0 saturated heterocycles. The zero-order valence-electron chi connectivity index (χ0n) is 17.8. The molecule has 1 amide bonds. The summed E-state index contributed by atoms with van der Waals surface area (Å²) in [4.78, 5) is 30.1. The first kappa shape index (κ1) is 21.2. The molecule has 0 radical (unpaired) electrons. The summed E-state index contributed by atoms with van der Waals surface area (Å²) in [5.41, 5.74) is 2.32. The molecule has 1 heterocycles. The first-order chi connectivity index (χ1) is 15.4. The number of methoxy groups -OCH3 is 1. The van der Waals surface area contributed by atoms with Gasteiger partial charge in [0.15, 0.2) is 0 Å². The van der Waals surface area contributed by atoms with Crippen molar-refractivity contribution in [2.24, 2.45) is 0 Å². The number of nitrogens with one attached hydrogen (secondary N) is 1. The molecule has 6 nitrogen and oxygen atoms in total. The lowest BCUT2D eigenvalue weighted by molar-refractivity contribution is -0.116. The van der Waals surface area contributed by atoms with Gasteiger partial charge in [-0.15, -0.1) is 0 Å². The van der Waals surface area contributed by atoms with Gasteiger partial charge in [0.25, 0.3) is 5.56 Å². The molecular weight excluding hydrogens is 409 g/mol. The summed E-state index contributed by atoms with van der Waals surface area (Å²) in [6.07, 6.45) is 0.887. The number of fused-ring (bicyclic) bond motifs is 1. The highest BCUT2D eigenvalue weighted by atomic mass is 19.1. The van der Waals surface area contributed by atoms with Gasteiger partial charge in [-0.2, -0.15) is 0 Å². The minimum atomic E-state index is -0.382. The van der Waals surface area contributed by atoms with Crippen LogP contribution in [0.2, 0.25) is 0 Å².